The van der Waals surface area contributed by atoms with Gasteiger partial charge < -0.3 is 4.43 Å². The zero-order valence-corrected chi connectivity index (χ0v) is 13.2. The SMILES string of the molecule is C=CCCCCCC[Si](C)(C)OC1=CC(C)C=C1. The molecule has 0 saturated carbocycles. The van der Waals surface area contributed by atoms with E-state index in [-0.39, 0.29) is 0 Å². The van der Waals surface area contributed by atoms with Crippen molar-refractivity contribution >= 4 is 8.32 Å². The normalized spacial score (nSPS) is 18.8. The van der Waals surface area contributed by atoms with E-state index in [4.69, 9.17) is 4.43 Å². The summed E-state index contributed by atoms with van der Waals surface area (Å²) in [6.45, 7) is 10.6. The van der Waals surface area contributed by atoms with Gasteiger partial charge in [0, 0.05) is 0 Å². The third-order valence-corrected chi connectivity index (χ3v) is 5.67. The summed E-state index contributed by atoms with van der Waals surface area (Å²) in [6, 6.07) is 1.26. The van der Waals surface area contributed by atoms with E-state index in [2.05, 4.69) is 44.8 Å². The fraction of sp³-hybridized carbons (Fsp3) is 0.625. The summed E-state index contributed by atoms with van der Waals surface area (Å²) in [5, 5.41) is 0. The molecular weight excluding hydrogens is 236 g/mol. The highest BCUT2D eigenvalue weighted by Crippen LogP contribution is 2.24. The minimum Gasteiger partial charge on any atom is -0.544 e. The molecule has 0 radical (unpaired) electrons. The average molecular weight is 264 g/mol. The van der Waals surface area contributed by atoms with Crippen LogP contribution in [0.1, 0.15) is 39.0 Å². The first-order chi connectivity index (χ1) is 8.53. The van der Waals surface area contributed by atoms with Crippen molar-refractivity contribution in [3.63, 3.8) is 0 Å². The van der Waals surface area contributed by atoms with Crippen LogP contribution in [0.2, 0.25) is 19.1 Å². The van der Waals surface area contributed by atoms with Gasteiger partial charge in [-0.2, -0.15) is 0 Å². The van der Waals surface area contributed by atoms with Crippen LogP contribution in [0.3, 0.4) is 0 Å². The number of unbranched alkanes of at least 4 members (excludes halogenated alkanes) is 4. The Bertz CT molecular complexity index is 315. The Morgan fingerprint density at radius 3 is 2.61 bits per heavy atom. The highest BCUT2D eigenvalue weighted by atomic mass is 28.4. The van der Waals surface area contributed by atoms with Crippen LogP contribution in [0.25, 0.3) is 0 Å². The number of rotatable bonds is 9. The Morgan fingerprint density at radius 1 is 1.28 bits per heavy atom. The molecule has 102 valence electrons. The van der Waals surface area contributed by atoms with E-state index < -0.39 is 8.32 Å². The largest absolute Gasteiger partial charge is 0.544 e. The van der Waals surface area contributed by atoms with Gasteiger partial charge in [0.2, 0.25) is 8.32 Å². The van der Waals surface area contributed by atoms with Crippen molar-refractivity contribution < 1.29 is 4.43 Å². The molecule has 0 amide bonds. The van der Waals surface area contributed by atoms with Gasteiger partial charge in [0.1, 0.15) is 0 Å². The molecule has 0 spiro atoms. The van der Waals surface area contributed by atoms with Gasteiger partial charge in [-0.3, -0.25) is 0 Å². The minimum absolute atomic E-state index is 0.545. The number of allylic oxidation sites excluding steroid dienone is 4. The smallest absolute Gasteiger partial charge is 0.245 e. The molecule has 18 heavy (non-hydrogen) atoms. The van der Waals surface area contributed by atoms with E-state index in [1.54, 1.807) is 0 Å². The maximum Gasteiger partial charge on any atom is 0.245 e. The highest BCUT2D eigenvalue weighted by molar-refractivity contribution is 6.71. The molecule has 0 aromatic rings. The standard InChI is InChI=1S/C16H28OSi/c1-5-6-7-8-9-10-13-18(3,4)17-16-12-11-15(2)14-16/h5,11-12,14-15H,1,6-10,13H2,2-4H3. The Balaban J connectivity index is 2.17. The first-order valence-electron chi connectivity index (χ1n) is 7.23. The van der Waals surface area contributed by atoms with Crippen LogP contribution in [0.5, 0.6) is 0 Å². The molecule has 0 saturated heterocycles. The molecule has 0 bridgehead atoms. The zero-order valence-electron chi connectivity index (χ0n) is 12.2. The lowest BCUT2D eigenvalue weighted by Crippen LogP contribution is -2.29. The lowest BCUT2D eigenvalue weighted by atomic mass is 10.1. The Morgan fingerprint density at radius 2 is 2.00 bits per heavy atom. The average Bonchev–Trinajstić information content (AvgIpc) is 2.68. The van der Waals surface area contributed by atoms with Crippen molar-refractivity contribution in [2.75, 3.05) is 0 Å². The Hall–Kier alpha value is -0.763. The third-order valence-electron chi connectivity index (χ3n) is 3.32. The summed E-state index contributed by atoms with van der Waals surface area (Å²) in [5.74, 6) is 1.65. The van der Waals surface area contributed by atoms with Gasteiger partial charge in [0.25, 0.3) is 0 Å². The van der Waals surface area contributed by atoms with Crippen molar-refractivity contribution in [2.45, 2.75) is 58.2 Å². The van der Waals surface area contributed by atoms with E-state index in [1.165, 1.54) is 31.7 Å². The lowest BCUT2D eigenvalue weighted by Gasteiger charge is -2.24. The molecule has 0 aromatic heterocycles. The van der Waals surface area contributed by atoms with Gasteiger partial charge in [-0.25, -0.2) is 0 Å². The van der Waals surface area contributed by atoms with E-state index in [1.807, 2.05) is 6.08 Å². The van der Waals surface area contributed by atoms with Crippen molar-refractivity contribution in [2.24, 2.45) is 5.92 Å². The predicted octanol–water partition coefficient (Wildman–Crippen LogP) is 5.43. The van der Waals surface area contributed by atoms with Gasteiger partial charge in [-0.15, -0.1) is 6.58 Å². The zero-order chi connectivity index (χ0) is 13.4. The van der Waals surface area contributed by atoms with Gasteiger partial charge in [-0.1, -0.05) is 38.3 Å². The molecule has 0 heterocycles. The monoisotopic (exact) mass is 264 g/mol. The molecule has 0 fully saturated rings. The van der Waals surface area contributed by atoms with Gasteiger partial charge in [0.15, 0.2) is 0 Å². The molecule has 1 nitrogen and oxygen atoms in total. The first-order valence-corrected chi connectivity index (χ1v) is 10.3. The fourth-order valence-electron chi connectivity index (χ4n) is 2.25. The summed E-state index contributed by atoms with van der Waals surface area (Å²) in [4.78, 5) is 0. The van der Waals surface area contributed by atoms with Gasteiger partial charge >= 0.3 is 0 Å². The van der Waals surface area contributed by atoms with Crippen molar-refractivity contribution in [1.29, 1.82) is 0 Å². The maximum atomic E-state index is 6.19. The van der Waals surface area contributed by atoms with Gasteiger partial charge in [0.05, 0.1) is 5.76 Å². The fourth-order valence-corrected chi connectivity index (χ4v) is 4.23. The first kappa shape index (κ1) is 15.3. The summed E-state index contributed by atoms with van der Waals surface area (Å²) in [6.07, 6.45) is 15.0. The lowest BCUT2D eigenvalue weighted by molar-refractivity contribution is 0.430. The molecule has 0 N–H and O–H groups in total. The predicted molar refractivity (Wildman–Crippen MR) is 83.0 cm³/mol. The van der Waals surface area contributed by atoms with Crippen LogP contribution in [-0.4, -0.2) is 8.32 Å². The maximum absolute atomic E-state index is 6.19. The van der Waals surface area contributed by atoms with E-state index >= 15 is 0 Å². The van der Waals surface area contributed by atoms with Crippen molar-refractivity contribution in [1.82, 2.24) is 0 Å². The molecule has 1 atom stereocenters. The van der Waals surface area contributed by atoms with Gasteiger partial charge in [-0.05, 0) is 50.0 Å². The second-order valence-corrected chi connectivity index (χ2v) is 10.1. The second-order valence-electron chi connectivity index (χ2n) is 5.89. The molecule has 0 aromatic carbocycles. The molecule has 1 rings (SSSR count). The topological polar surface area (TPSA) is 9.23 Å². The van der Waals surface area contributed by atoms with Crippen LogP contribution in [0.4, 0.5) is 0 Å². The summed E-state index contributed by atoms with van der Waals surface area (Å²) < 4.78 is 6.19. The summed E-state index contributed by atoms with van der Waals surface area (Å²) >= 11 is 0. The van der Waals surface area contributed by atoms with Crippen LogP contribution in [0.15, 0.2) is 36.6 Å². The van der Waals surface area contributed by atoms with E-state index in [0.29, 0.717) is 5.92 Å². The molecule has 1 unspecified atom stereocenters. The van der Waals surface area contributed by atoms with E-state index in [0.717, 1.165) is 12.2 Å². The second kappa shape index (κ2) is 7.62. The molecule has 1 aliphatic carbocycles. The Labute approximate surface area is 114 Å². The molecular formula is C16H28OSi. The molecule has 1 aliphatic rings. The third kappa shape index (κ3) is 6.25. The summed E-state index contributed by atoms with van der Waals surface area (Å²) in [7, 11) is -1.51. The summed E-state index contributed by atoms with van der Waals surface area (Å²) in [5.41, 5.74) is 0. The van der Waals surface area contributed by atoms with Crippen LogP contribution < -0.4 is 0 Å². The number of hydrogen-bond acceptors (Lipinski definition) is 1. The number of hydrogen-bond donors (Lipinski definition) is 0. The quantitative estimate of drug-likeness (QED) is 0.306. The molecule has 0 aliphatic heterocycles. The van der Waals surface area contributed by atoms with Crippen LogP contribution in [-0.2, 0) is 4.43 Å². The van der Waals surface area contributed by atoms with E-state index in [9.17, 15) is 0 Å². The Kier molecular flexibility index (Phi) is 6.48. The van der Waals surface area contributed by atoms with Crippen molar-refractivity contribution in [3.8, 4) is 0 Å². The molecule has 2 heteroatoms. The minimum atomic E-state index is -1.51. The van der Waals surface area contributed by atoms with Crippen LogP contribution >= 0.6 is 0 Å². The van der Waals surface area contributed by atoms with Crippen molar-refractivity contribution in [3.05, 3.63) is 36.6 Å². The van der Waals surface area contributed by atoms with Crippen LogP contribution in [0, 0.1) is 5.92 Å². The highest BCUT2D eigenvalue weighted by Gasteiger charge is 2.24.